The van der Waals surface area contributed by atoms with Crippen molar-refractivity contribution in [1.82, 2.24) is 25.1 Å². The van der Waals surface area contributed by atoms with Gasteiger partial charge < -0.3 is 20.1 Å². The van der Waals surface area contributed by atoms with Gasteiger partial charge in [0.25, 0.3) is 0 Å². The Kier molecular flexibility index (Phi) is 6.23. The summed E-state index contributed by atoms with van der Waals surface area (Å²) in [6.07, 6.45) is 5.47. The molecule has 8 heteroatoms. The van der Waals surface area contributed by atoms with Gasteiger partial charge in [-0.1, -0.05) is 13.8 Å². The van der Waals surface area contributed by atoms with Gasteiger partial charge in [0, 0.05) is 67.5 Å². The quantitative estimate of drug-likeness (QED) is 0.437. The Hall–Kier alpha value is -3.65. The molecule has 0 amide bonds. The molecule has 0 aliphatic heterocycles. The van der Waals surface area contributed by atoms with E-state index in [-0.39, 0.29) is 5.75 Å². The molecule has 0 spiro atoms. The highest BCUT2D eigenvalue weighted by molar-refractivity contribution is 5.82. The van der Waals surface area contributed by atoms with Gasteiger partial charge in [-0.2, -0.15) is 5.10 Å². The van der Waals surface area contributed by atoms with Crippen LogP contribution in [0.4, 0.5) is 11.4 Å². The average molecular weight is 433 g/mol. The van der Waals surface area contributed by atoms with E-state index in [0.717, 1.165) is 40.2 Å². The average Bonchev–Trinajstić information content (AvgIpc) is 3.21. The first-order valence-electron chi connectivity index (χ1n) is 10.6. The van der Waals surface area contributed by atoms with Crippen LogP contribution in [0, 0.1) is 0 Å². The Bertz CT molecular complexity index is 1220. The summed E-state index contributed by atoms with van der Waals surface area (Å²) >= 11 is 0. The monoisotopic (exact) mass is 432 g/mol. The van der Waals surface area contributed by atoms with E-state index < -0.39 is 0 Å². The van der Waals surface area contributed by atoms with Gasteiger partial charge in [-0.25, -0.2) is 4.98 Å². The van der Waals surface area contributed by atoms with Crippen LogP contribution in [0.25, 0.3) is 22.3 Å². The number of rotatable bonds is 8. The Morgan fingerprint density at radius 1 is 1.09 bits per heavy atom. The summed E-state index contributed by atoms with van der Waals surface area (Å²) < 4.78 is 7.12. The van der Waals surface area contributed by atoms with E-state index in [4.69, 9.17) is 9.72 Å². The molecule has 0 bridgehead atoms. The molecule has 0 fully saturated rings. The maximum absolute atomic E-state index is 10.2. The molecule has 32 heavy (non-hydrogen) atoms. The summed E-state index contributed by atoms with van der Waals surface area (Å²) in [4.78, 5) is 11.5. The molecule has 8 nitrogen and oxygen atoms in total. The number of fused-ring (bicyclic) bond motifs is 1. The first-order valence-corrected chi connectivity index (χ1v) is 10.6. The van der Waals surface area contributed by atoms with Crippen LogP contribution in [0.15, 0.2) is 55.0 Å². The summed E-state index contributed by atoms with van der Waals surface area (Å²) in [7, 11) is 3.47. The smallest absolute Gasteiger partial charge is 0.124 e. The summed E-state index contributed by atoms with van der Waals surface area (Å²) in [6.45, 7) is 5.71. The van der Waals surface area contributed by atoms with Crippen molar-refractivity contribution in [2.45, 2.75) is 19.9 Å². The number of nitrogens with one attached hydrogen (secondary N) is 1. The molecule has 2 heterocycles. The zero-order valence-electron chi connectivity index (χ0n) is 18.8. The predicted molar refractivity (Wildman–Crippen MR) is 127 cm³/mol. The third-order valence-corrected chi connectivity index (χ3v) is 5.15. The number of anilines is 2. The number of aromatic nitrogens is 4. The van der Waals surface area contributed by atoms with Gasteiger partial charge in [-0.3, -0.25) is 9.67 Å². The molecule has 4 rings (SSSR count). The summed E-state index contributed by atoms with van der Waals surface area (Å²) in [6, 6.07) is 11.6. The van der Waals surface area contributed by atoms with Crippen LogP contribution < -0.4 is 15.0 Å². The highest BCUT2D eigenvalue weighted by atomic mass is 16.5. The number of ether oxygens (including phenoxy) is 1. The lowest BCUT2D eigenvalue weighted by Crippen LogP contribution is -2.32. The van der Waals surface area contributed by atoms with Crippen molar-refractivity contribution < 1.29 is 9.84 Å². The lowest BCUT2D eigenvalue weighted by molar-refractivity contribution is 0.408. The molecule has 0 aliphatic carbocycles. The fourth-order valence-electron chi connectivity index (χ4n) is 3.57. The third kappa shape index (κ3) is 4.81. The minimum Gasteiger partial charge on any atom is -0.508 e. The third-order valence-electron chi connectivity index (χ3n) is 5.15. The number of hydrogen-bond acceptors (Lipinski definition) is 7. The molecule has 2 aromatic carbocycles. The minimum atomic E-state index is 0.153. The van der Waals surface area contributed by atoms with Crippen LogP contribution in [0.1, 0.15) is 13.8 Å². The zero-order valence-corrected chi connectivity index (χ0v) is 18.8. The second-order valence-corrected chi connectivity index (χ2v) is 7.98. The van der Waals surface area contributed by atoms with E-state index in [1.807, 2.05) is 37.5 Å². The Balaban J connectivity index is 1.75. The highest BCUT2D eigenvalue weighted by Crippen LogP contribution is 2.33. The van der Waals surface area contributed by atoms with Gasteiger partial charge >= 0.3 is 0 Å². The molecule has 2 aromatic heterocycles. The number of benzene rings is 2. The second kappa shape index (κ2) is 9.23. The number of methoxy groups -OCH3 is 1. The number of phenols is 1. The molecular formula is C24H28N6O2. The fourth-order valence-corrected chi connectivity index (χ4v) is 3.57. The van der Waals surface area contributed by atoms with E-state index in [1.54, 1.807) is 36.3 Å². The molecule has 0 radical (unpaired) electrons. The number of aryl methyl sites for hydroxylation is 1. The SMILES string of the molecule is COc1cc(O)cc(N(CCNC(C)C)c2ccc3ncc(-c4cnn(C)c4)nc3c2)c1. The molecule has 0 saturated carbocycles. The molecule has 4 aromatic rings. The molecule has 0 unspecified atom stereocenters. The van der Waals surface area contributed by atoms with E-state index in [0.29, 0.717) is 18.3 Å². The van der Waals surface area contributed by atoms with Crippen molar-refractivity contribution in [3.63, 3.8) is 0 Å². The molecule has 0 aliphatic rings. The summed E-state index contributed by atoms with van der Waals surface area (Å²) in [5, 5.41) is 17.9. The minimum absolute atomic E-state index is 0.153. The van der Waals surface area contributed by atoms with Crippen LogP contribution in [-0.2, 0) is 7.05 Å². The predicted octanol–water partition coefficient (Wildman–Crippen LogP) is 3.88. The highest BCUT2D eigenvalue weighted by Gasteiger charge is 2.14. The van der Waals surface area contributed by atoms with Crippen LogP contribution >= 0.6 is 0 Å². The Morgan fingerprint density at radius 3 is 2.66 bits per heavy atom. The lowest BCUT2D eigenvalue weighted by Gasteiger charge is -2.26. The van der Waals surface area contributed by atoms with Crippen molar-refractivity contribution in [2.24, 2.45) is 7.05 Å². The van der Waals surface area contributed by atoms with E-state index >= 15 is 0 Å². The summed E-state index contributed by atoms with van der Waals surface area (Å²) in [5.74, 6) is 0.752. The Labute approximate surface area is 187 Å². The van der Waals surface area contributed by atoms with Crippen molar-refractivity contribution in [2.75, 3.05) is 25.1 Å². The van der Waals surface area contributed by atoms with Gasteiger partial charge in [-0.15, -0.1) is 0 Å². The van der Waals surface area contributed by atoms with Crippen molar-refractivity contribution in [3.05, 3.63) is 55.0 Å². The molecule has 2 N–H and O–H groups in total. The van der Waals surface area contributed by atoms with Crippen LogP contribution in [0.3, 0.4) is 0 Å². The topological polar surface area (TPSA) is 88.3 Å². The number of hydrogen-bond donors (Lipinski definition) is 2. The maximum atomic E-state index is 10.2. The standard InChI is InChI=1S/C24H28N6O2/c1-16(2)25-7-8-30(19-9-20(31)12-21(10-19)32-4)18-5-6-22-23(11-18)28-24(14-26-22)17-13-27-29(3)15-17/h5-6,9-16,25,31H,7-8H2,1-4H3. The van der Waals surface area contributed by atoms with Crippen molar-refractivity contribution in [1.29, 1.82) is 0 Å². The summed E-state index contributed by atoms with van der Waals surface area (Å²) in [5.41, 5.74) is 5.09. The van der Waals surface area contributed by atoms with Gasteiger partial charge in [0.05, 0.1) is 36.2 Å². The maximum Gasteiger partial charge on any atom is 0.124 e. The van der Waals surface area contributed by atoms with Crippen molar-refractivity contribution >= 4 is 22.4 Å². The van der Waals surface area contributed by atoms with E-state index in [2.05, 4.69) is 34.1 Å². The normalized spacial score (nSPS) is 11.3. The van der Waals surface area contributed by atoms with Crippen LogP contribution in [-0.4, -0.2) is 51.1 Å². The molecule has 166 valence electrons. The first-order chi connectivity index (χ1) is 15.4. The first kappa shape index (κ1) is 21.6. The van der Waals surface area contributed by atoms with Gasteiger partial charge in [0.2, 0.25) is 0 Å². The zero-order chi connectivity index (χ0) is 22.7. The second-order valence-electron chi connectivity index (χ2n) is 7.98. The van der Waals surface area contributed by atoms with E-state index in [9.17, 15) is 5.11 Å². The van der Waals surface area contributed by atoms with Gasteiger partial charge in [0.1, 0.15) is 11.5 Å². The van der Waals surface area contributed by atoms with Gasteiger partial charge in [-0.05, 0) is 18.2 Å². The number of aromatic hydroxyl groups is 1. The Morgan fingerprint density at radius 2 is 1.94 bits per heavy atom. The lowest BCUT2D eigenvalue weighted by atomic mass is 10.2. The number of phenolic OH excluding ortho intramolecular Hbond substituents is 1. The molecule has 0 atom stereocenters. The largest absolute Gasteiger partial charge is 0.508 e. The fraction of sp³-hybridized carbons (Fsp3) is 0.292. The van der Waals surface area contributed by atoms with E-state index in [1.165, 1.54) is 0 Å². The number of nitrogens with zero attached hydrogens (tertiary/aromatic N) is 5. The van der Waals surface area contributed by atoms with Gasteiger partial charge in [0.15, 0.2) is 0 Å². The molecule has 0 saturated heterocycles. The van der Waals surface area contributed by atoms with Crippen molar-refractivity contribution in [3.8, 4) is 22.8 Å². The van der Waals surface area contributed by atoms with Crippen LogP contribution in [0.2, 0.25) is 0 Å². The molecular weight excluding hydrogens is 404 g/mol. The van der Waals surface area contributed by atoms with Crippen LogP contribution in [0.5, 0.6) is 11.5 Å².